The van der Waals surface area contributed by atoms with Crippen molar-refractivity contribution in [3.63, 3.8) is 0 Å². The number of benzene rings is 1. The predicted octanol–water partition coefficient (Wildman–Crippen LogP) is 2.62. The molecule has 0 unspecified atom stereocenters. The van der Waals surface area contributed by atoms with Crippen LogP contribution in [0.1, 0.15) is 11.1 Å². The van der Waals surface area contributed by atoms with E-state index >= 15 is 0 Å². The van der Waals surface area contributed by atoms with Gasteiger partial charge in [0.05, 0.1) is 17.0 Å². The maximum Gasteiger partial charge on any atom is 0.221 e. The molecule has 0 aliphatic carbocycles. The minimum Gasteiger partial charge on any atom is -0.496 e. The summed E-state index contributed by atoms with van der Waals surface area (Å²) in [6.45, 7) is 0. The number of nitrogens with two attached hydrogens (primary N) is 2. The van der Waals surface area contributed by atoms with E-state index in [9.17, 15) is 0 Å². The second-order valence-electron chi connectivity index (χ2n) is 4.13. The molecule has 0 spiro atoms. The summed E-state index contributed by atoms with van der Waals surface area (Å²) in [7, 11) is 1.62. The molecule has 1 heterocycles. The van der Waals surface area contributed by atoms with Crippen LogP contribution in [0.25, 0.3) is 0 Å². The lowest BCUT2D eigenvalue weighted by Crippen LogP contribution is -2.04. The number of ether oxygens (including phenoxy) is 1. The van der Waals surface area contributed by atoms with Crippen LogP contribution in [0.3, 0.4) is 0 Å². The Morgan fingerprint density at radius 2 is 2.10 bits per heavy atom. The molecule has 1 aromatic carbocycles. The third-order valence-electron chi connectivity index (χ3n) is 2.80. The lowest BCUT2D eigenvalue weighted by Gasteiger charge is -2.12. The van der Waals surface area contributed by atoms with Gasteiger partial charge >= 0.3 is 0 Å². The summed E-state index contributed by atoms with van der Waals surface area (Å²) >= 11 is 7.81. The first-order chi connectivity index (χ1) is 9.55. The zero-order chi connectivity index (χ0) is 14.7. The van der Waals surface area contributed by atoms with E-state index in [4.69, 9.17) is 27.8 Å². The average Bonchev–Trinajstić information content (AvgIpc) is 2.41. The SMILES string of the molecule is COc1cc(Cc2cnc(N)nc2N)cc(Cl)c1SC. The second kappa shape index (κ2) is 6.19. The van der Waals surface area contributed by atoms with Crippen LogP contribution in [-0.2, 0) is 6.42 Å². The quantitative estimate of drug-likeness (QED) is 0.844. The van der Waals surface area contributed by atoms with E-state index < -0.39 is 0 Å². The fourth-order valence-electron chi connectivity index (χ4n) is 1.86. The van der Waals surface area contributed by atoms with Gasteiger partial charge in [0.1, 0.15) is 11.6 Å². The highest BCUT2D eigenvalue weighted by Crippen LogP contribution is 2.36. The zero-order valence-corrected chi connectivity index (χ0v) is 12.8. The van der Waals surface area contributed by atoms with E-state index in [1.807, 2.05) is 18.4 Å². The van der Waals surface area contributed by atoms with Crippen molar-refractivity contribution in [1.29, 1.82) is 0 Å². The standard InChI is InChI=1S/C13H15ClN4OS/c1-19-10-5-7(4-9(14)11(10)20-2)3-8-6-17-13(16)18-12(8)15/h4-6H,3H2,1-2H3,(H4,15,16,17,18). The first-order valence-electron chi connectivity index (χ1n) is 5.82. The number of thioether (sulfide) groups is 1. The van der Waals surface area contributed by atoms with Crippen molar-refractivity contribution in [2.24, 2.45) is 0 Å². The number of rotatable bonds is 4. The van der Waals surface area contributed by atoms with E-state index in [0.29, 0.717) is 17.3 Å². The average molecular weight is 311 g/mol. The van der Waals surface area contributed by atoms with Crippen molar-refractivity contribution in [2.75, 3.05) is 24.8 Å². The Kier molecular flexibility index (Phi) is 4.57. The Labute approximate surface area is 126 Å². The Balaban J connectivity index is 2.36. The molecular weight excluding hydrogens is 296 g/mol. The number of nitrogens with zero attached hydrogens (tertiary/aromatic N) is 2. The topological polar surface area (TPSA) is 87.0 Å². The van der Waals surface area contributed by atoms with Gasteiger partial charge < -0.3 is 16.2 Å². The maximum atomic E-state index is 6.26. The Bertz CT molecular complexity index is 636. The van der Waals surface area contributed by atoms with E-state index in [1.165, 1.54) is 0 Å². The van der Waals surface area contributed by atoms with Gasteiger partial charge in [-0.15, -0.1) is 11.8 Å². The molecule has 0 saturated heterocycles. The molecule has 7 heteroatoms. The number of hydrogen-bond donors (Lipinski definition) is 2. The fourth-order valence-corrected chi connectivity index (χ4v) is 2.93. The first kappa shape index (κ1) is 14.7. The van der Waals surface area contributed by atoms with Crippen molar-refractivity contribution in [3.8, 4) is 5.75 Å². The van der Waals surface area contributed by atoms with Crippen LogP contribution in [0.2, 0.25) is 5.02 Å². The number of methoxy groups -OCH3 is 1. The summed E-state index contributed by atoms with van der Waals surface area (Å²) in [6.07, 6.45) is 4.15. The second-order valence-corrected chi connectivity index (χ2v) is 5.35. The first-order valence-corrected chi connectivity index (χ1v) is 7.42. The highest BCUT2D eigenvalue weighted by molar-refractivity contribution is 7.98. The molecule has 5 nitrogen and oxygen atoms in total. The van der Waals surface area contributed by atoms with Gasteiger partial charge in [0.2, 0.25) is 5.95 Å². The van der Waals surface area contributed by atoms with Crippen LogP contribution in [-0.4, -0.2) is 23.3 Å². The number of hydrogen-bond acceptors (Lipinski definition) is 6. The van der Waals surface area contributed by atoms with Crippen LogP contribution in [0, 0.1) is 0 Å². The van der Waals surface area contributed by atoms with Crippen LogP contribution in [0.4, 0.5) is 11.8 Å². The molecule has 0 radical (unpaired) electrons. The molecule has 106 valence electrons. The molecule has 1 aromatic heterocycles. The summed E-state index contributed by atoms with van der Waals surface area (Å²) in [4.78, 5) is 8.81. The van der Waals surface area contributed by atoms with E-state index in [2.05, 4.69) is 9.97 Å². The van der Waals surface area contributed by atoms with E-state index in [1.54, 1.807) is 25.1 Å². The van der Waals surface area contributed by atoms with Gasteiger partial charge in [0.25, 0.3) is 0 Å². The van der Waals surface area contributed by atoms with Crippen LogP contribution in [0.5, 0.6) is 5.75 Å². The van der Waals surface area contributed by atoms with Gasteiger partial charge in [0, 0.05) is 18.2 Å². The molecular formula is C13H15ClN4OS. The predicted molar refractivity (Wildman–Crippen MR) is 83.4 cm³/mol. The van der Waals surface area contributed by atoms with E-state index in [-0.39, 0.29) is 5.95 Å². The molecule has 20 heavy (non-hydrogen) atoms. The Hall–Kier alpha value is -1.66. The fraction of sp³-hybridized carbons (Fsp3) is 0.231. The number of halogens is 1. The number of aromatic nitrogens is 2. The van der Waals surface area contributed by atoms with Crippen LogP contribution in [0.15, 0.2) is 23.2 Å². The smallest absolute Gasteiger partial charge is 0.221 e. The third-order valence-corrected chi connectivity index (χ3v) is 4.04. The summed E-state index contributed by atoms with van der Waals surface area (Å²) in [6, 6.07) is 3.83. The van der Waals surface area contributed by atoms with Gasteiger partial charge in [-0.1, -0.05) is 11.6 Å². The van der Waals surface area contributed by atoms with Gasteiger partial charge in [0.15, 0.2) is 0 Å². The van der Waals surface area contributed by atoms with Crippen molar-refractivity contribution in [2.45, 2.75) is 11.3 Å². The van der Waals surface area contributed by atoms with Crippen LogP contribution >= 0.6 is 23.4 Å². The Morgan fingerprint density at radius 3 is 2.70 bits per heavy atom. The highest BCUT2D eigenvalue weighted by Gasteiger charge is 2.11. The molecule has 0 aliphatic rings. The third kappa shape index (κ3) is 3.08. The molecule has 4 N–H and O–H groups in total. The van der Waals surface area contributed by atoms with Gasteiger partial charge in [-0.05, 0) is 24.0 Å². The van der Waals surface area contributed by atoms with Crippen molar-refractivity contribution in [3.05, 3.63) is 34.5 Å². The van der Waals surface area contributed by atoms with Crippen molar-refractivity contribution >= 4 is 35.1 Å². The van der Waals surface area contributed by atoms with Gasteiger partial charge in [-0.2, -0.15) is 4.98 Å². The number of nitrogen functional groups attached to an aromatic ring is 2. The molecule has 0 amide bonds. The largest absolute Gasteiger partial charge is 0.496 e. The van der Waals surface area contributed by atoms with Crippen molar-refractivity contribution < 1.29 is 4.74 Å². The molecule has 0 fully saturated rings. The van der Waals surface area contributed by atoms with Gasteiger partial charge in [-0.25, -0.2) is 4.98 Å². The molecule has 0 aliphatic heterocycles. The van der Waals surface area contributed by atoms with E-state index in [0.717, 1.165) is 21.8 Å². The summed E-state index contributed by atoms with van der Waals surface area (Å²) in [5.41, 5.74) is 13.1. The molecule has 0 bridgehead atoms. The molecule has 2 aromatic rings. The van der Waals surface area contributed by atoms with Gasteiger partial charge in [-0.3, -0.25) is 0 Å². The monoisotopic (exact) mass is 310 g/mol. The molecule has 2 rings (SSSR count). The zero-order valence-electron chi connectivity index (χ0n) is 11.2. The minimum absolute atomic E-state index is 0.166. The summed E-state index contributed by atoms with van der Waals surface area (Å²) in [5.74, 6) is 1.29. The lowest BCUT2D eigenvalue weighted by molar-refractivity contribution is 0.404. The molecule has 0 atom stereocenters. The lowest BCUT2D eigenvalue weighted by atomic mass is 10.1. The minimum atomic E-state index is 0.166. The normalized spacial score (nSPS) is 10.6. The van der Waals surface area contributed by atoms with Crippen LogP contribution < -0.4 is 16.2 Å². The summed E-state index contributed by atoms with van der Waals surface area (Å²) < 4.78 is 5.36. The summed E-state index contributed by atoms with van der Waals surface area (Å²) in [5, 5.41) is 0.654. The maximum absolute atomic E-state index is 6.26. The Morgan fingerprint density at radius 1 is 1.35 bits per heavy atom. The number of anilines is 2. The molecule has 0 saturated carbocycles. The highest BCUT2D eigenvalue weighted by atomic mass is 35.5. The van der Waals surface area contributed by atoms with Crippen molar-refractivity contribution in [1.82, 2.24) is 9.97 Å².